The van der Waals surface area contributed by atoms with Crippen LogP contribution in [0.4, 0.5) is 0 Å². The van der Waals surface area contributed by atoms with Crippen LogP contribution in [0.5, 0.6) is 0 Å². The van der Waals surface area contributed by atoms with Gasteiger partial charge in [0.15, 0.2) is 5.78 Å². The molecule has 2 aromatic carbocycles. The Labute approximate surface area is 259 Å². The molecule has 0 atom stereocenters. The van der Waals surface area contributed by atoms with Crippen LogP contribution in [0.2, 0.25) is 0 Å². The van der Waals surface area contributed by atoms with Crippen LogP contribution in [0.25, 0.3) is 22.0 Å². The van der Waals surface area contributed by atoms with Crippen LogP contribution in [-0.2, 0) is 31.3 Å². The van der Waals surface area contributed by atoms with Gasteiger partial charge in [-0.25, -0.2) is 0 Å². The molecule has 1 fully saturated rings. The zero-order valence-electron chi connectivity index (χ0n) is 27.2. The number of nitrogens with zero attached hydrogens (tertiary/aromatic N) is 1. The number of aliphatic hydroxyl groups excluding tert-OH is 1. The molecule has 1 N–H and O–H groups in total. The Hall–Kier alpha value is -2.29. The Morgan fingerprint density at radius 1 is 1.05 bits per heavy atom. The number of hydrogen-bond acceptors (Lipinski definition) is 3. The minimum absolute atomic E-state index is 0. The summed E-state index contributed by atoms with van der Waals surface area (Å²) in [4.78, 5) is 16.1. The maximum Gasteiger partial charge on any atom is 0.162 e. The molecular formula is C36H48IrNO2-. The summed E-state index contributed by atoms with van der Waals surface area (Å²) < 4.78 is 16.5. The number of aliphatic hydroxyl groups is 1. The van der Waals surface area contributed by atoms with Gasteiger partial charge >= 0.3 is 0 Å². The van der Waals surface area contributed by atoms with Gasteiger partial charge in [-0.1, -0.05) is 85.4 Å². The van der Waals surface area contributed by atoms with Crippen molar-refractivity contribution in [1.82, 2.24) is 4.98 Å². The number of pyridine rings is 1. The molecule has 1 aliphatic carbocycles. The summed E-state index contributed by atoms with van der Waals surface area (Å²) in [5.74, 6) is 1.32. The molecule has 40 heavy (non-hydrogen) atoms. The Balaban J connectivity index is 0.000000334. The molecule has 1 heterocycles. The fourth-order valence-corrected chi connectivity index (χ4v) is 5.79. The van der Waals surface area contributed by atoms with Gasteiger partial charge in [0.2, 0.25) is 0 Å². The van der Waals surface area contributed by atoms with E-state index in [1.807, 2.05) is 34.6 Å². The zero-order chi connectivity index (χ0) is 30.1. The van der Waals surface area contributed by atoms with Crippen LogP contribution in [0, 0.1) is 37.7 Å². The Morgan fingerprint density at radius 2 is 1.70 bits per heavy atom. The number of hydrogen-bond donors (Lipinski definition) is 1. The average Bonchev–Trinajstić information content (AvgIpc) is 3.45. The van der Waals surface area contributed by atoms with Gasteiger partial charge in [-0.3, -0.25) is 4.79 Å². The van der Waals surface area contributed by atoms with E-state index in [1.54, 1.807) is 0 Å². The predicted molar refractivity (Wildman–Crippen MR) is 165 cm³/mol. The summed E-state index contributed by atoms with van der Waals surface area (Å²) in [6.07, 6.45) is 11.3. The largest absolute Gasteiger partial charge is 0.512 e. The van der Waals surface area contributed by atoms with Gasteiger partial charge in [0.05, 0.1) is 8.50 Å². The molecular weight excluding hydrogens is 671 g/mol. The second kappa shape index (κ2) is 16.8. The summed E-state index contributed by atoms with van der Waals surface area (Å²) in [6, 6.07) is 14.1. The third-order valence-corrected chi connectivity index (χ3v) is 8.18. The Bertz CT molecular complexity index is 1340. The minimum atomic E-state index is 0. The van der Waals surface area contributed by atoms with Crippen LogP contribution in [-0.4, -0.2) is 15.9 Å². The maximum absolute atomic E-state index is 11.7. The van der Waals surface area contributed by atoms with Crippen LogP contribution in [0.3, 0.4) is 0 Å². The molecule has 1 radical (unpaired) electrons. The first kappa shape index (κ1) is 30.7. The SMILES string of the molecule is CCC(CC)C(=O)/C=C(\O)C(CC)CC.[2H]c1nc(-c2[c-]c(C)cc(C)c2)c2ccc(CC3CCCC3)cc2c1[2H].[Ir]. The molecule has 0 bridgehead atoms. The minimum Gasteiger partial charge on any atom is -0.512 e. The van der Waals surface area contributed by atoms with Crippen molar-refractivity contribution in [2.24, 2.45) is 17.8 Å². The molecule has 4 rings (SSSR count). The van der Waals surface area contributed by atoms with E-state index in [4.69, 9.17) is 2.74 Å². The summed E-state index contributed by atoms with van der Waals surface area (Å²) in [5, 5.41) is 11.5. The fraction of sp³-hybridized carbons (Fsp3) is 0.500. The van der Waals surface area contributed by atoms with Crippen molar-refractivity contribution in [3.63, 3.8) is 0 Å². The van der Waals surface area contributed by atoms with E-state index in [9.17, 15) is 9.90 Å². The molecule has 219 valence electrons. The third-order valence-electron chi connectivity index (χ3n) is 8.18. The first-order valence-corrected chi connectivity index (χ1v) is 15.0. The van der Waals surface area contributed by atoms with E-state index in [-0.39, 0.29) is 55.7 Å². The number of fused-ring (bicyclic) bond motifs is 1. The second-order valence-electron chi connectivity index (χ2n) is 11.2. The van der Waals surface area contributed by atoms with E-state index in [1.165, 1.54) is 37.3 Å². The van der Waals surface area contributed by atoms with Crippen molar-refractivity contribution < 1.29 is 32.7 Å². The molecule has 3 aromatic rings. The average molecular weight is 721 g/mol. The Morgan fingerprint density at radius 3 is 2.30 bits per heavy atom. The van der Waals surface area contributed by atoms with Crippen molar-refractivity contribution in [2.75, 3.05) is 0 Å². The molecule has 0 saturated heterocycles. The van der Waals surface area contributed by atoms with Crippen molar-refractivity contribution in [3.8, 4) is 11.3 Å². The number of carbonyl (C=O) groups is 1. The molecule has 0 aliphatic heterocycles. The van der Waals surface area contributed by atoms with E-state index in [0.29, 0.717) is 0 Å². The molecule has 4 heteroatoms. The van der Waals surface area contributed by atoms with Crippen LogP contribution < -0.4 is 0 Å². The first-order chi connectivity index (χ1) is 19.6. The normalized spacial score (nSPS) is 14.6. The van der Waals surface area contributed by atoms with Crippen LogP contribution in [0.15, 0.2) is 54.4 Å². The molecule has 1 saturated carbocycles. The number of allylic oxidation sites excluding steroid dienone is 2. The van der Waals surface area contributed by atoms with Gasteiger partial charge < -0.3 is 10.1 Å². The van der Waals surface area contributed by atoms with Crippen molar-refractivity contribution in [3.05, 3.63) is 77.1 Å². The predicted octanol–water partition coefficient (Wildman–Crippen LogP) is 9.92. The van der Waals surface area contributed by atoms with Crippen molar-refractivity contribution >= 4 is 16.6 Å². The number of rotatable bonds is 10. The number of ketones is 1. The smallest absolute Gasteiger partial charge is 0.162 e. The van der Waals surface area contributed by atoms with Gasteiger partial charge in [0, 0.05) is 44.2 Å². The summed E-state index contributed by atoms with van der Waals surface area (Å²) in [6.45, 7) is 12.2. The standard InChI is InChI=1S/C23H24N.C13H24O2.Ir/c1-16-11-17(2)13-21(12-16)23-22-8-7-19(14-18-5-3-4-6-18)15-20(22)9-10-24-23;1-5-10(6-2)12(14)9-13(15)11(7-3)8-4;/h7-12,15,18H,3-6,14H2,1-2H3;9-11,14H,5-8H2,1-4H3;/q-1;;/b;12-9-;/i9D,10D;;. The first-order valence-electron chi connectivity index (χ1n) is 16.0. The number of aryl methyl sites for hydroxylation is 2. The zero-order valence-corrected chi connectivity index (χ0v) is 27.6. The van der Waals surface area contributed by atoms with Gasteiger partial charge in [-0.2, -0.15) is 0 Å². The van der Waals surface area contributed by atoms with E-state index < -0.39 is 0 Å². The van der Waals surface area contributed by atoms with Crippen LogP contribution >= 0.6 is 0 Å². The van der Waals surface area contributed by atoms with Gasteiger partial charge in [-0.15, -0.1) is 34.9 Å². The van der Waals surface area contributed by atoms with Gasteiger partial charge in [0.1, 0.15) is 0 Å². The van der Waals surface area contributed by atoms with Gasteiger partial charge in [-0.05, 0) is 66.1 Å². The quantitative estimate of drug-likeness (QED) is 0.129. The van der Waals surface area contributed by atoms with Crippen molar-refractivity contribution in [2.45, 2.75) is 99.3 Å². The number of aromatic nitrogens is 1. The molecule has 3 nitrogen and oxygen atoms in total. The van der Waals surface area contributed by atoms with E-state index in [2.05, 4.69) is 48.3 Å². The second-order valence-corrected chi connectivity index (χ2v) is 11.2. The van der Waals surface area contributed by atoms with Gasteiger partial charge in [0.25, 0.3) is 0 Å². The van der Waals surface area contributed by atoms with E-state index >= 15 is 0 Å². The number of benzene rings is 2. The molecule has 1 aromatic heterocycles. The fourth-order valence-electron chi connectivity index (χ4n) is 5.79. The number of carbonyl (C=O) groups excluding carboxylic acids is 1. The molecule has 1 aliphatic rings. The molecule has 0 unspecified atom stereocenters. The Kier molecular flexibility index (Phi) is 12.9. The maximum atomic E-state index is 11.7. The summed E-state index contributed by atoms with van der Waals surface area (Å²) >= 11 is 0. The molecule has 0 amide bonds. The summed E-state index contributed by atoms with van der Waals surface area (Å²) in [5.41, 5.74) is 5.17. The van der Waals surface area contributed by atoms with Crippen LogP contribution in [0.1, 0.15) is 98.5 Å². The summed E-state index contributed by atoms with van der Waals surface area (Å²) in [7, 11) is 0. The van der Waals surface area contributed by atoms with E-state index in [0.717, 1.165) is 71.2 Å². The van der Waals surface area contributed by atoms with Crippen molar-refractivity contribution in [1.29, 1.82) is 0 Å². The monoisotopic (exact) mass is 721 g/mol. The molecule has 0 spiro atoms. The topological polar surface area (TPSA) is 50.2 Å². The third kappa shape index (κ3) is 9.38.